The van der Waals surface area contributed by atoms with Crippen molar-refractivity contribution in [3.8, 4) is 0 Å². The van der Waals surface area contributed by atoms with Crippen LogP contribution in [0.25, 0.3) is 5.57 Å². The molecule has 152 valence electrons. The Kier molecular flexibility index (Phi) is 5.69. The fourth-order valence-corrected chi connectivity index (χ4v) is 4.69. The predicted molar refractivity (Wildman–Crippen MR) is 122 cm³/mol. The van der Waals surface area contributed by atoms with Gasteiger partial charge in [0, 0.05) is 19.2 Å². The number of thioether (sulfide) groups is 1. The van der Waals surface area contributed by atoms with Gasteiger partial charge in [-0.3, -0.25) is 24.2 Å². The first-order chi connectivity index (χ1) is 14.5. The summed E-state index contributed by atoms with van der Waals surface area (Å²) in [5.41, 5.74) is 2.71. The minimum Gasteiger partial charge on any atom is -0.354 e. The number of para-hydroxylation sites is 1. The standard InChI is InChI=1S/C22H19N3O3S2/c1-24-21(28)19(30-22(24)29)18-15-9-5-6-10-16(15)25(20(18)27)13-17(26)23-12-11-14-7-3-2-4-8-14/h2-10H,11-13H2,1H3,(H,23,26)/b19-18-. The van der Waals surface area contributed by atoms with Crippen LogP contribution < -0.4 is 10.2 Å². The summed E-state index contributed by atoms with van der Waals surface area (Å²) in [6.07, 6.45) is 0.710. The summed E-state index contributed by atoms with van der Waals surface area (Å²) in [6, 6.07) is 17.0. The Bertz CT molecular complexity index is 1080. The molecule has 0 aromatic heterocycles. The highest BCUT2D eigenvalue weighted by Gasteiger charge is 2.41. The topological polar surface area (TPSA) is 69.7 Å². The van der Waals surface area contributed by atoms with Crippen LogP contribution in [0.5, 0.6) is 0 Å². The maximum atomic E-state index is 13.2. The van der Waals surface area contributed by atoms with Crippen LogP contribution in [-0.2, 0) is 20.8 Å². The van der Waals surface area contributed by atoms with E-state index in [1.807, 2.05) is 36.4 Å². The molecular weight excluding hydrogens is 418 g/mol. The second kappa shape index (κ2) is 8.41. The minimum atomic E-state index is -0.358. The van der Waals surface area contributed by atoms with Crippen molar-refractivity contribution in [1.82, 2.24) is 10.2 Å². The van der Waals surface area contributed by atoms with E-state index in [9.17, 15) is 14.4 Å². The lowest BCUT2D eigenvalue weighted by atomic mass is 10.1. The third-order valence-corrected chi connectivity index (χ3v) is 6.55. The van der Waals surface area contributed by atoms with Gasteiger partial charge in [0.2, 0.25) is 5.91 Å². The molecule has 0 saturated carbocycles. The lowest BCUT2D eigenvalue weighted by molar-refractivity contribution is -0.122. The average Bonchev–Trinajstić information content (AvgIpc) is 3.16. The number of benzene rings is 2. The molecule has 0 atom stereocenters. The van der Waals surface area contributed by atoms with Crippen molar-refractivity contribution in [3.63, 3.8) is 0 Å². The minimum absolute atomic E-state index is 0.111. The fourth-order valence-electron chi connectivity index (χ4n) is 3.44. The van der Waals surface area contributed by atoms with E-state index in [1.165, 1.54) is 9.80 Å². The molecule has 2 aliphatic heterocycles. The molecule has 6 nitrogen and oxygen atoms in total. The normalized spacial score (nSPS) is 18.2. The SMILES string of the molecule is CN1C(=O)/C(=C2/C(=O)N(CC(=O)NCCc3ccccc3)c3ccccc32)SC1=S. The summed E-state index contributed by atoms with van der Waals surface area (Å²) in [6.45, 7) is 0.369. The summed E-state index contributed by atoms with van der Waals surface area (Å²) >= 11 is 6.32. The number of hydrogen-bond donors (Lipinski definition) is 1. The molecular formula is C22H19N3O3S2. The molecule has 4 rings (SSSR count). The number of likely N-dealkylation sites (N-methyl/N-ethyl adjacent to an activating group) is 1. The number of nitrogens with one attached hydrogen (secondary N) is 1. The Morgan fingerprint density at radius 2 is 1.73 bits per heavy atom. The highest BCUT2D eigenvalue weighted by Crippen LogP contribution is 2.43. The van der Waals surface area contributed by atoms with Crippen LogP contribution in [-0.4, -0.2) is 47.1 Å². The van der Waals surface area contributed by atoms with E-state index in [-0.39, 0.29) is 24.3 Å². The number of rotatable bonds is 5. The summed E-state index contributed by atoms with van der Waals surface area (Å²) in [7, 11) is 1.59. The fraction of sp³-hybridized carbons (Fsp3) is 0.182. The Balaban J connectivity index is 1.52. The van der Waals surface area contributed by atoms with Crippen molar-refractivity contribution in [2.24, 2.45) is 0 Å². The number of amides is 3. The number of thiocarbonyl (C=S) groups is 1. The van der Waals surface area contributed by atoms with E-state index < -0.39 is 0 Å². The van der Waals surface area contributed by atoms with Crippen LogP contribution in [0, 0.1) is 0 Å². The molecule has 1 N–H and O–H groups in total. The number of carbonyl (C=O) groups is 3. The van der Waals surface area contributed by atoms with Crippen LogP contribution in [0.2, 0.25) is 0 Å². The molecule has 2 heterocycles. The second-order valence-corrected chi connectivity index (χ2v) is 8.57. The number of nitrogens with zero attached hydrogens (tertiary/aromatic N) is 2. The van der Waals surface area contributed by atoms with Crippen LogP contribution in [0.1, 0.15) is 11.1 Å². The summed E-state index contributed by atoms with van der Waals surface area (Å²) < 4.78 is 0.407. The summed E-state index contributed by atoms with van der Waals surface area (Å²) in [5, 5.41) is 2.87. The highest BCUT2D eigenvalue weighted by molar-refractivity contribution is 8.26. The Hall–Kier alpha value is -2.97. The second-order valence-electron chi connectivity index (χ2n) is 6.93. The molecule has 2 aromatic rings. The van der Waals surface area contributed by atoms with Gasteiger partial charge in [0.1, 0.15) is 10.9 Å². The molecule has 2 aromatic carbocycles. The van der Waals surface area contributed by atoms with Gasteiger partial charge in [-0.05, 0) is 18.1 Å². The van der Waals surface area contributed by atoms with Crippen molar-refractivity contribution < 1.29 is 14.4 Å². The van der Waals surface area contributed by atoms with Crippen LogP contribution >= 0.6 is 24.0 Å². The summed E-state index contributed by atoms with van der Waals surface area (Å²) in [4.78, 5) is 41.4. The lowest BCUT2D eigenvalue weighted by Crippen LogP contribution is -2.39. The van der Waals surface area contributed by atoms with E-state index in [2.05, 4.69) is 5.32 Å². The first kappa shape index (κ1) is 20.3. The molecule has 0 aliphatic carbocycles. The molecule has 0 spiro atoms. The quantitative estimate of drug-likeness (QED) is 0.575. The molecule has 3 amide bonds. The van der Waals surface area contributed by atoms with E-state index in [0.717, 1.165) is 17.3 Å². The molecule has 1 saturated heterocycles. The molecule has 0 radical (unpaired) electrons. The molecule has 2 aliphatic rings. The van der Waals surface area contributed by atoms with Gasteiger partial charge >= 0.3 is 0 Å². The largest absolute Gasteiger partial charge is 0.354 e. The van der Waals surface area contributed by atoms with Crippen molar-refractivity contribution in [2.45, 2.75) is 6.42 Å². The third kappa shape index (κ3) is 3.76. The van der Waals surface area contributed by atoms with Gasteiger partial charge in [-0.25, -0.2) is 0 Å². The van der Waals surface area contributed by atoms with E-state index >= 15 is 0 Å². The first-order valence-electron chi connectivity index (χ1n) is 9.43. The van der Waals surface area contributed by atoms with E-state index in [1.54, 1.807) is 25.2 Å². The molecule has 8 heteroatoms. The van der Waals surface area contributed by atoms with Crippen LogP contribution in [0.3, 0.4) is 0 Å². The van der Waals surface area contributed by atoms with Gasteiger partial charge in [-0.1, -0.05) is 72.5 Å². The first-order valence-corrected chi connectivity index (χ1v) is 10.7. The zero-order valence-corrected chi connectivity index (χ0v) is 17.9. The Morgan fingerprint density at radius 3 is 2.43 bits per heavy atom. The zero-order valence-electron chi connectivity index (χ0n) is 16.3. The van der Waals surface area contributed by atoms with Crippen molar-refractivity contribution in [3.05, 3.63) is 70.6 Å². The number of fused-ring (bicyclic) bond motifs is 1. The highest BCUT2D eigenvalue weighted by atomic mass is 32.2. The van der Waals surface area contributed by atoms with E-state index in [4.69, 9.17) is 12.2 Å². The monoisotopic (exact) mass is 437 g/mol. The molecule has 30 heavy (non-hydrogen) atoms. The van der Waals surface area contributed by atoms with E-state index in [0.29, 0.717) is 39.0 Å². The smallest absolute Gasteiger partial charge is 0.266 e. The van der Waals surface area contributed by atoms with Gasteiger partial charge in [0.05, 0.1) is 16.2 Å². The summed E-state index contributed by atoms with van der Waals surface area (Å²) in [5.74, 6) is -0.904. The maximum Gasteiger partial charge on any atom is 0.266 e. The molecule has 0 unspecified atom stereocenters. The van der Waals surface area contributed by atoms with Gasteiger partial charge in [-0.2, -0.15) is 0 Å². The van der Waals surface area contributed by atoms with Gasteiger partial charge in [0.25, 0.3) is 11.8 Å². The van der Waals surface area contributed by atoms with Crippen LogP contribution in [0.4, 0.5) is 5.69 Å². The Labute approximate surface area is 183 Å². The van der Waals surface area contributed by atoms with Crippen molar-refractivity contribution >= 4 is 57.3 Å². The average molecular weight is 438 g/mol. The van der Waals surface area contributed by atoms with Crippen LogP contribution in [0.15, 0.2) is 59.5 Å². The molecule has 1 fully saturated rings. The van der Waals surface area contributed by atoms with Crippen molar-refractivity contribution in [1.29, 1.82) is 0 Å². The lowest BCUT2D eigenvalue weighted by Gasteiger charge is -2.16. The number of carbonyl (C=O) groups excluding carboxylic acids is 3. The maximum absolute atomic E-state index is 13.2. The predicted octanol–water partition coefficient (Wildman–Crippen LogP) is 2.59. The van der Waals surface area contributed by atoms with Gasteiger partial charge in [-0.15, -0.1) is 0 Å². The molecule has 0 bridgehead atoms. The Morgan fingerprint density at radius 1 is 1.03 bits per heavy atom. The third-order valence-electron chi connectivity index (χ3n) is 4.99. The zero-order chi connectivity index (χ0) is 21.3. The number of hydrogen-bond acceptors (Lipinski definition) is 5. The van der Waals surface area contributed by atoms with Gasteiger partial charge in [0.15, 0.2) is 0 Å². The number of anilines is 1. The van der Waals surface area contributed by atoms with Gasteiger partial charge < -0.3 is 5.32 Å². The van der Waals surface area contributed by atoms with Crippen molar-refractivity contribution in [2.75, 3.05) is 25.0 Å².